The molecule has 2 N–H and O–H groups in total. The number of nitrogens with one attached hydrogen (secondary N) is 1. The summed E-state index contributed by atoms with van der Waals surface area (Å²) >= 11 is 7.28. The highest BCUT2D eigenvalue weighted by atomic mass is 35.5. The van der Waals surface area contributed by atoms with Crippen molar-refractivity contribution in [1.82, 2.24) is 5.32 Å². The molecule has 0 aliphatic heterocycles. The Hall–Kier alpha value is -1.31. The lowest BCUT2D eigenvalue weighted by molar-refractivity contribution is -0.385. The molecule has 0 aliphatic carbocycles. The van der Waals surface area contributed by atoms with E-state index in [1.807, 2.05) is 0 Å². The highest BCUT2D eigenvalue weighted by molar-refractivity contribution is 7.99. The maximum absolute atomic E-state index is 11.9. The van der Waals surface area contributed by atoms with Crippen LogP contribution in [-0.2, 0) is 0 Å². The van der Waals surface area contributed by atoms with Gasteiger partial charge in [0.2, 0.25) is 0 Å². The Morgan fingerprint density at radius 3 is 2.85 bits per heavy atom. The van der Waals surface area contributed by atoms with Gasteiger partial charge in [-0.3, -0.25) is 14.9 Å². The van der Waals surface area contributed by atoms with Gasteiger partial charge in [-0.15, -0.1) is 0 Å². The van der Waals surface area contributed by atoms with Gasteiger partial charge in [-0.25, -0.2) is 0 Å². The van der Waals surface area contributed by atoms with Crippen LogP contribution < -0.4 is 5.32 Å². The van der Waals surface area contributed by atoms with E-state index < -0.39 is 10.8 Å². The molecule has 8 heteroatoms. The fourth-order valence-corrected chi connectivity index (χ4v) is 2.40. The number of nitro groups is 1. The molecule has 0 saturated heterocycles. The molecular formula is C12H15ClN2O4S. The first-order valence-corrected chi connectivity index (χ1v) is 7.50. The summed E-state index contributed by atoms with van der Waals surface area (Å²) in [5, 5.41) is 22.3. The van der Waals surface area contributed by atoms with Crippen molar-refractivity contribution < 1.29 is 14.8 Å². The lowest BCUT2D eigenvalue weighted by atomic mass is 10.1. The number of carbonyl (C=O) groups is 1. The van der Waals surface area contributed by atoms with E-state index in [-0.39, 0.29) is 22.9 Å². The van der Waals surface area contributed by atoms with E-state index in [2.05, 4.69) is 5.32 Å². The highest BCUT2D eigenvalue weighted by Crippen LogP contribution is 2.23. The summed E-state index contributed by atoms with van der Waals surface area (Å²) in [7, 11) is 0. The maximum atomic E-state index is 11.9. The van der Waals surface area contributed by atoms with E-state index in [9.17, 15) is 14.9 Å². The minimum atomic E-state index is -0.628. The molecule has 0 radical (unpaired) electrons. The van der Waals surface area contributed by atoms with Gasteiger partial charge >= 0.3 is 0 Å². The zero-order chi connectivity index (χ0) is 15.0. The van der Waals surface area contributed by atoms with Crippen LogP contribution in [0.25, 0.3) is 0 Å². The fraction of sp³-hybridized carbons (Fsp3) is 0.417. The number of nitro benzene ring substituents is 1. The van der Waals surface area contributed by atoms with Crippen LogP contribution in [0.3, 0.4) is 0 Å². The number of aliphatic hydroxyl groups is 1. The fourth-order valence-electron chi connectivity index (χ4n) is 1.45. The molecule has 1 rings (SSSR count). The summed E-state index contributed by atoms with van der Waals surface area (Å²) in [6.07, 6.45) is 0.710. The molecule has 0 unspecified atom stereocenters. The van der Waals surface area contributed by atoms with Crippen LogP contribution >= 0.6 is 23.4 Å². The molecule has 0 atom stereocenters. The third-order valence-electron chi connectivity index (χ3n) is 2.38. The Morgan fingerprint density at radius 2 is 2.20 bits per heavy atom. The maximum Gasteiger partial charge on any atom is 0.283 e. The van der Waals surface area contributed by atoms with Gasteiger partial charge in [0, 0.05) is 30.0 Å². The number of thioether (sulfide) groups is 1. The Morgan fingerprint density at radius 1 is 1.45 bits per heavy atom. The molecule has 0 bridgehead atoms. The van der Waals surface area contributed by atoms with E-state index in [1.165, 1.54) is 12.1 Å². The second-order valence-electron chi connectivity index (χ2n) is 3.86. The first kappa shape index (κ1) is 16.7. The first-order valence-electron chi connectivity index (χ1n) is 5.97. The molecular weight excluding hydrogens is 304 g/mol. The van der Waals surface area contributed by atoms with E-state index in [4.69, 9.17) is 16.7 Å². The minimum Gasteiger partial charge on any atom is -0.396 e. The summed E-state index contributed by atoms with van der Waals surface area (Å²) < 4.78 is 0. The standard InChI is InChI=1S/C12H15ClN2O4S/c13-9-2-3-10(11(8-9)15(18)19)12(17)14-4-7-20-6-1-5-16/h2-3,8,16H,1,4-7H2,(H,14,17). The average molecular weight is 319 g/mol. The SMILES string of the molecule is O=C(NCCSCCCO)c1ccc(Cl)cc1[N+](=O)[O-]. The van der Waals surface area contributed by atoms with Gasteiger partial charge in [0.15, 0.2) is 0 Å². The molecule has 0 aromatic heterocycles. The van der Waals surface area contributed by atoms with E-state index in [0.29, 0.717) is 18.7 Å². The van der Waals surface area contributed by atoms with Crippen LogP contribution in [0.5, 0.6) is 0 Å². The lowest BCUT2D eigenvalue weighted by Gasteiger charge is -2.06. The highest BCUT2D eigenvalue weighted by Gasteiger charge is 2.19. The number of aliphatic hydroxyl groups excluding tert-OH is 1. The van der Waals surface area contributed by atoms with Gasteiger partial charge in [-0.2, -0.15) is 11.8 Å². The summed E-state index contributed by atoms with van der Waals surface area (Å²) in [5.74, 6) is 1.01. The number of amides is 1. The van der Waals surface area contributed by atoms with Crippen LogP contribution in [0, 0.1) is 10.1 Å². The first-order chi connectivity index (χ1) is 9.56. The van der Waals surface area contributed by atoms with Gasteiger partial charge in [-0.05, 0) is 24.3 Å². The van der Waals surface area contributed by atoms with Crippen LogP contribution in [0.2, 0.25) is 5.02 Å². The zero-order valence-electron chi connectivity index (χ0n) is 10.7. The van der Waals surface area contributed by atoms with E-state index in [0.717, 1.165) is 11.8 Å². The molecule has 20 heavy (non-hydrogen) atoms. The third kappa shape index (κ3) is 5.36. The number of hydrogen-bond acceptors (Lipinski definition) is 5. The van der Waals surface area contributed by atoms with Gasteiger partial charge in [0.05, 0.1) is 4.92 Å². The van der Waals surface area contributed by atoms with Crippen molar-refractivity contribution in [2.45, 2.75) is 6.42 Å². The molecule has 0 aliphatic rings. The molecule has 0 spiro atoms. The van der Waals surface area contributed by atoms with Crippen LogP contribution in [0.1, 0.15) is 16.8 Å². The summed E-state index contributed by atoms with van der Waals surface area (Å²) in [5.41, 5.74) is -0.303. The molecule has 1 amide bonds. The van der Waals surface area contributed by atoms with E-state index >= 15 is 0 Å². The monoisotopic (exact) mass is 318 g/mol. The Kier molecular flexibility index (Phi) is 7.35. The van der Waals surface area contributed by atoms with Crippen molar-refractivity contribution in [1.29, 1.82) is 0 Å². The van der Waals surface area contributed by atoms with Gasteiger partial charge in [0.25, 0.3) is 11.6 Å². The predicted molar refractivity (Wildman–Crippen MR) is 79.5 cm³/mol. The molecule has 1 aromatic rings. The molecule has 110 valence electrons. The normalized spacial score (nSPS) is 10.3. The summed E-state index contributed by atoms with van der Waals surface area (Å²) in [6, 6.07) is 3.95. The average Bonchev–Trinajstić information content (AvgIpc) is 2.42. The number of benzene rings is 1. The number of nitrogens with zero attached hydrogens (tertiary/aromatic N) is 1. The van der Waals surface area contributed by atoms with Gasteiger partial charge in [-0.1, -0.05) is 11.6 Å². The minimum absolute atomic E-state index is 0.000224. The zero-order valence-corrected chi connectivity index (χ0v) is 12.2. The van der Waals surface area contributed by atoms with Gasteiger partial charge < -0.3 is 10.4 Å². The number of rotatable bonds is 8. The molecule has 0 saturated carbocycles. The van der Waals surface area contributed by atoms with Crippen LogP contribution in [-0.4, -0.2) is 40.6 Å². The molecule has 0 fully saturated rings. The number of halogens is 1. The van der Waals surface area contributed by atoms with E-state index in [1.54, 1.807) is 11.8 Å². The molecule has 1 aromatic carbocycles. The number of carbonyl (C=O) groups excluding carboxylic acids is 1. The third-order valence-corrected chi connectivity index (χ3v) is 3.69. The number of hydrogen-bond donors (Lipinski definition) is 2. The van der Waals surface area contributed by atoms with Crippen molar-refractivity contribution in [3.63, 3.8) is 0 Å². The largest absolute Gasteiger partial charge is 0.396 e. The second kappa shape index (κ2) is 8.78. The quantitative estimate of drug-likeness (QED) is 0.435. The summed E-state index contributed by atoms with van der Waals surface area (Å²) in [4.78, 5) is 22.1. The smallest absolute Gasteiger partial charge is 0.283 e. The summed E-state index contributed by atoms with van der Waals surface area (Å²) in [6.45, 7) is 0.561. The van der Waals surface area contributed by atoms with Crippen molar-refractivity contribution in [2.24, 2.45) is 0 Å². The van der Waals surface area contributed by atoms with Crippen molar-refractivity contribution in [3.05, 3.63) is 38.9 Å². The van der Waals surface area contributed by atoms with Crippen molar-refractivity contribution >= 4 is 35.0 Å². The van der Waals surface area contributed by atoms with Crippen molar-refractivity contribution in [2.75, 3.05) is 24.7 Å². The van der Waals surface area contributed by atoms with Gasteiger partial charge in [0.1, 0.15) is 5.56 Å². The van der Waals surface area contributed by atoms with Crippen LogP contribution in [0.4, 0.5) is 5.69 Å². The van der Waals surface area contributed by atoms with Crippen LogP contribution in [0.15, 0.2) is 18.2 Å². The second-order valence-corrected chi connectivity index (χ2v) is 5.53. The van der Waals surface area contributed by atoms with Crippen molar-refractivity contribution in [3.8, 4) is 0 Å². The topological polar surface area (TPSA) is 92.5 Å². The Bertz CT molecular complexity index is 485. The molecule has 0 heterocycles. The lowest BCUT2D eigenvalue weighted by Crippen LogP contribution is -2.26. The predicted octanol–water partition coefficient (Wildman–Crippen LogP) is 2.09. The Labute approximate surface area is 125 Å². The Balaban J connectivity index is 2.53. The molecule has 6 nitrogen and oxygen atoms in total.